The maximum absolute atomic E-state index is 12.6. The van der Waals surface area contributed by atoms with Crippen LogP contribution in [-0.4, -0.2) is 50.3 Å². The van der Waals surface area contributed by atoms with Crippen LogP contribution in [0, 0.1) is 5.92 Å². The third kappa shape index (κ3) is 3.45. The quantitative estimate of drug-likeness (QED) is 0.850. The number of hydrogen-bond acceptors (Lipinski definition) is 4. The van der Waals surface area contributed by atoms with Crippen LogP contribution < -0.4 is 5.32 Å². The Morgan fingerprint density at radius 2 is 2.12 bits per heavy atom. The smallest absolute Gasteiger partial charge is 0.247 e. The van der Waals surface area contributed by atoms with Crippen molar-refractivity contribution in [2.75, 3.05) is 11.9 Å². The molecule has 1 aromatic heterocycles. The van der Waals surface area contributed by atoms with E-state index in [4.69, 9.17) is 0 Å². The zero-order valence-electron chi connectivity index (χ0n) is 14.5. The average Bonchev–Trinajstić information content (AvgIpc) is 3.13. The molecule has 7 nitrogen and oxygen atoms in total. The zero-order valence-corrected chi connectivity index (χ0v) is 14.5. The summed E-state index contributed by atoms with van der Waals surface area (Å²) in [5.74, 6) is 0.501. The van der Waals surface area contributed by atoms with E-state index in [0.29, 0.717) is 11.8 Å². The normalized spacial score (nSPS) is 23.8. The van der Waals surface area contributed by atoms with Crippen LogP contribution in [0.3, 0.4) is 0 Å². The second-order valence-electron chi connectivity index (χ2n) is 7.36. The highest BCUT2D eigenvalue weighted by Gasteiger charge is 2.38. The number of carbonyl (C=O) groups is 2. The molecule has 3 rings (SSSR count). The topological polar surface area (TPSA) is 87.5 Å². The van der Waals surface area contributed by atoms with Crippen molar-refractivity contribution in [2.45, 2.75) is 64.6 Å². The van der Waals surface area contributed by atoms with Crippen LogP contribution in [0.1, 0.15) is 51.6 Å². The van der Waals surface area contributed by atoms with Crippen LogP contribution in [0.4, 0.5) is 5.69 Å². The number of amides is 2. The van der Waals surface area contributed by atoms with Crippen LogP contribution in [0.25, 0.3) is 0 Å². The van der Waals surface area contributed by atoms with Gasteiger partial charge in [-0.15, -0.1) is 0 Å². The van der Waals surface area contributed by atoms with Gasteiger partial charge in [-0.1, -0.05) is 13.8 Å². The molecule has 1 aromatic rings. The average molecular weight is 334 g/mol. The maximum atomic E-state index is 12.6. The molecule has 1 aliphatic carbocycles. The predicted octanol–water partition coefficient (Wildman–Crippen LogP) is 1.34. The van der Waals surface area contributed by atoms with Gasteiger partial charge in [-0.05, 0) is 18.8 Å². The summed E-state index contributed by atoms with van der Waals surface area (Å²) in [6, 6.07) is -0.613. The Bertz CT molecular complexity index is 636. The lowest BCUT2D eigenvalue weighted by Gasteiger charge is -2.22. The van der Waals surface area contributed by atoms with Crippen molar-refractivity contribution >= 4 is 17.5 Å². The first kappa shape index (κ1) is 17.0. The number of aliphatic hydroxyl groups excluding tert-OH is 1. The van der Waals surface area contributed by atoms with Gasteiger partial charge in [-0.3, -0.25) is 14.3 Å². The number of anilines is 1. The Balaban J connectivity index is 1.77. The van der Waals surface area contributed by atoms with Gasteiger partial charge in [0.15, 0.2) is 0 Å². The molecular weight excluding hydrogens is 308 g/mol. The van der Waals surface area contributed by atoms with E-state index in [9.17, 15) is 14.7 Å². The van der Waals surface area contributed by atoms with E-state index in [1.807, 2.05) is 4.68 Å². The molecule has 0 bridgehead atoms. The largest absolute Gasteiger partial charge is 0.391 e. The summed E-state index contributed by atoms with van der Waals surface area (Å²) >= 11 is 0. The fraction of sp³-hybridized carbons (Fsp3) is 0.706. The summed E-state index contributed by atoms with van der Waals surface area (Å²) < 4.78 is 1.99. The highest BCUT2D eigenvalue weighted by molar-refractivity contribution is 5.97. The standard InChI is InChI=1S/C17H26N4O3/c1-10(2)8-21-16(12-4-5-12)14(7-18-21)19-17(24)15-6-13(23)9-20(15)11(3)22/h7,10,12-13,15,23H,4-6,8-9H2,1-3H3,(H,19,24)/t13-,15-/m1/s1. The van der Waals surface area contributed by atoms with Crippen molar-refractivity contribution in [1.29, 1.82) is 0 Å². The van der Waals surface area contributed by atoms with Crippen molar-refractivity contribution in [3.05, 3.63) is 11.9 Å². The summed E-state index contributed by atoms with van der Waals surface area (Å²) in [5.41, 5.74) is 1.83. The molecule has 0 spiro atoms. The summed E-state index contributed by atoms with van der Waals surface area (Å²) in [7, 11) is 0. The highest BCUT2D eigenvalue weighted by atomic mass is 16.3. The van der Waals surface area contributed by atoms with Crippen molar-refractivity contribution in [3.8, 4) is 0 Å². The van der Waals surface area contributed by atoms with Gasteiger partial charge in [0.05, 0.1) is 23.7 Å². The third-order valence-electron chi connectivity index (χ3n) is 4.63. The number of nitrogens with one attached hydrogen (secondary N) is 1. The van der Waals surface area contributed by atoms with Crippen molar-refractivity contribution in [3.63, 3.8) is 0 Å². The van der Waals surface area contributed by atoms with Crippen LogP contribution in [0.15, 0.2) is 6.20 Å². The van der Waals surface area contributed by atoms with Gasteiger partial charge in [-0.25, -0.2) is 0 Å². The molecule has 2 atom stereocenters. The van der Waals surface area contributed by atoms with Gasteiger partial charge in [-0.2, -0.15) is 5.10 Å². The molecule has 132 valence electrons. The monoisotopic (exact) mass is 334 g/mol. The number of rotatable bonds is 5. The van der Waals surface area contributed by atoms with E-state index >= 15 is 0 Å². The van der Waals surface area contributed by atoms with Gasteiger partial charge in [0, 0.05) is 32.4 Å². The molecule has 2 N–H and O–H groups in total. The van der Waals surface area contributed by atoms with Crippen LogP contribution in [-0.2, 0) is 16.1 Å². The molecule has 2 amide bonds. The Hall–Kier alpha value is -1.89. The molecule has 0 unspecified atom stereocenters. The van der Waals surface area contributed by atoms with Gasteiger partial charge >= 0.3 is 0 Å². The Labute approximate surface area is 142 Å². The number of carbonyl (C=O) groups excluding carboxylic acids is 2. The number of likely N-dealkylation sites (tertiary alicyclic amines) is 1. The lowest BCUT2D eigenvalue weighted by Crippen LogP contribution is -2.42. The summed E-state index contributed by atoms with van der Waals surface area (Å²) in [4.78, 5) is 25.8. The van der Waals surface area contributed by atoms with Crippen molar-refractivity contribution in [2.24, 2.45) is 5.92 Å². The molecule has 1 saturated carbocycles. The van der Waals surface area contributed by atoms with E-state index in [1.54, 1.807) is 6.20 Å². The molecular formula is C17H26N4O3. The number of aromatic nitrogens is 2. The fourth-order valence-electron chi connectivity index (χ4n) is 3.40. The third-order valence-corrected chi connectivity index (χ3v) is 4.63. The summed E-state index contributed by atoms with van der Waals surface area (Å²) in [6.45, 7) is 6.75. The second kappa shape index (κ2) is 6.55. The molecule has 2 aliphatic rings. The first-order valence-electron chi connectivity index (χ1n) is 8.68. The lowest BCUT2D eigenvalue weighted by molar-refractivity contribution is -0.134. The van der Waals surface area contributed by atoms with Gasteiger partial charge in [0.25, 0.3) is 0 Å². The molecule has 1 aliphatic heterocycles. The van der Waals surface area contributed by atoms with Crippen LogP contribution in [0.5, 0.6) is 0 Å². The fourth-order valence-corrected chi connectivity index (χ4v) is 3.40. The second-order valence-corrected chi connectivity index (χ2v) is 7.36. The minimum absolute atomic E-state index is 0.190. The minimum Gasteiger partial charge on any atom is -0.391 e. The first-order valence-corrected chi connectivity index (χ1v) is 8.68. The molecule has 0 aromatic carbocycles. The number of aliphatic hydroxyl groups is 1. The summed E-state index contributed by atoms with van der Waals surface area (Å²) in [5, 5.41) is 17.2. The number of nitrogens with zero attached hydrogens (tertiary/aromatic N) is 3. The Morgan fingerprint density at radius 1 is 1.42 bits per heavy atom. The SMILES string of the molecule is CC(=O)N1C[C@H](O)C[C@@H]1C(=O)Nc1cnn(CC(C)C)c1C1CC1. The molecule has 7 heteroatoms. The van der Waals surface area contributed by atoms with Gasteiger partial charge in [0.1, 0.15) is 6.04 Å². The van der Waals surface area contributed by atoms with Crippen LogP contribution in [0.2, 0.25) is 0 Å². The van der Waals surface area contributed by atoms with Gasteiger partial charge in [0.2, 0.25) is 11.8 Å². The van der Waals surface area contributed by atoms with Crippen LogP contribution >= 0.6 is 0 Å². The minimum atomic E-state index is -0.642. The van der Waals surface area contributed by atoms with E-state index in [2.05, 4.69) is 24.3 Å². The zero-order chi connectivity index (χ0) is 17.4. The first-order chi connectivity index (χ1) is 11.4. The Morgan fingerprint density at radius 3 is 2.71 bits per heavy atom. The van der Waals surface area contributed by atoms with E-state index < -0.39 is 12.1 Å². The van der Waals surface area contributed by atoms with E-state index in [0.717, 1.165) is 30.8 Å². The maximum Gasteiger partial charge on any atom is 0.247 e. The predicted molar refractivity (Wildman–Crippen MR) is 89.5 cm³/mol. The molecule has 24 heavy (non-hydrogen) atoms. The van der Waals surface area contributed by atoms with Crippen molar-refractivity contribution in [1.82, 2.24) is 14.7 Å². The number of β-amino-alcohol motifs (C(OH)–C–C–N with tert-alkyl or cyclic N) is 1. The van der Waals surface area contributed by atoms with Crippen molar-refractivity contribution < 1.29 is 14.7 Å². The molecule has 1 saturated heterocycles. The van der Waals surface area contributed by atoms with E-state index in [-0.39, 0.29) is 24.8 Å². The highest BCUT2D eigenvalue weighted by Crippen LogP contribution is 2.43. The molecule has 2 fully saturated rings. The number of hydrogen-bond donors (Lipinski definition) is 2. The molecule has 0 radical (unpaired) electrons. The molecule has 2 heterocycles. The Kier molecular flexibility index (Phi) is 4.62. The van der Waals surface area contributed by atoms with Gasteiger partial charge < -0.3 is 15.3 Å². The van der Waals surface area contributed by atoms with E-state index in [1.165, 1.54) is 11.8 Å². The lowest BCUT2D eigenvalue weighted by atomic mass is 10.1. The summed E-state index contributed by atoms with van der Waals surface area (Å²) in [6.07, 6.45) is 3.58.